The number of aliphatic hydroxyl groups is 3. The van der Waals surface area contributed by atoms with Crippen LogP contribution in [0.15, 0.2) is 0 Å². The molecule has 3 N–H and O–H groups in total. The molecule has 1 rings (SSSR count). The molecule has 11 heavy (non-hydrogen) atoms. The average molecular weight is 164 g/mol. The Morgan fingerprint density at radius 2 is 1.91 bits per heavy atom. The van der Waals surface area contributed by atoms with E-state index in [1.54, 1.807) is 0 Å². The molecule has 1 aliphatic heterocycles. The first-order valence-electron chi connectivity index (χ1n) is 3.35. The van der Waals surface area contributed by atoms with Crippen molar-refractivity contribution in [1.82, 2.24) is 0 Å². The highest BCUT2D eigenvalue weighted by molar-refractivity contribution is 4.81. The molecule has 66 valence electrons. The van der Waals surface area contributed by atoms with E-state index in [1.165, 1.54) is 7.11 Å². The molecule has 1 fully saturated rings. The van der Waals surface area contributed by atoms with Crippen molar-refractivity contribution < 1.29 is 24.8 Å². The zero-order valence-corrected chi connectivity index (χ0v) is 6.17. The first-order chi connectivity index (χ1) is 5.16. The van der Waals surface area contributed by atoms with Gasteiger partial charge < -0.3 is 24.8 Å². The van der Waals surface area contributed by atoms with E-state index < -0.39 is 24.6 Å². The van der Waals surface area contributed by atoms with Crippen molar-refractivity contribution in [2.45, 2.75) is 24.6 Å². The van der Waals surface area contributed by atoms with Crippen LogP contribution in [0.25, 0.3) is 0 Å². The Bertz CT molecular complexity index is 126. The molecule has 1 aliphatic rings. The van der Waals surface area contributed by atoms with Crippen LogP contribution in [-0.2, 0) is 9.47 Å². The Balaban J connectivity index is 2.52. The zero-order valence-electron chi connectivity index (χ0n) is 6.17. The van der Waals surface area contributed by atoms with Gasteiger partial charge in [0.05, 0.1) is 6.61 Å². The van der Waals surface area contributed by atoms with Gasteiger partial charge in [0.1, 0.15) is 18.3 Å². The van der Waals surface area contributed by atoms with Gasteiger partial charge in [-0.05, 0) is 0 Å². The molecule has 1 saturated heterocycles. The molecular formula is C6H12O5. The summed E-state index contributed by atoms with van der Waals surface area (Å²) in [4.78, 5) is 0. The van der Waals surface area contributed by atoms with Crippen molar-refractivity contribution in [3.05, 3.63) is 0 Å². The summed E-state index contributed by atoms with van der Waals surface area (Å²) in [5.74, 6) is 0. The fraction of sp³-hybridized carbons (Fsp3) is 1.00. The van der Waals surface area contributed by atoms with Gasteiger partial charge in [0.25, 0.3) is 0 Å². The molecule has 0 aliphatic carbocycles. The molecule has 4 atom stereocenters. The van der Waals surface area contributed by atoms with Crippen LogP contribution in [0.3, 0.4) is 0 Å². The van der Waals surface area contributed by atoms with Gasteiger partial charge >= 0.3 is 0 Å². The summed E-state index contributed by atoms with van der Waals surface area (Å²) in [6, 6.07) is 0. The van der Waals surface area contributed by atoms with Crippen molar-refractivity contribution in [2.75, 3.05) is 13.7 Å². The lowest BCUT2D eigenvalue weighted by Gasteiger charge is -2.33. The molecule has 1 heterocycles. The van der Waals surface area contributed by atoms with Gasteiger partial charge in [0.15, 0.2) is 6.29 Å². The third kappa shape index (κ3) is 1.69. The molecule has 0 aromatic heterocycles. The topological polar surface area (TPSA) is 79.2 Å². The lowest BCUT2D eigenvalue weighted by Crippen LogP contribution is -2.53. The maximum atomic E-state index is 9.15. The highest BCUT2D eigenvalue weighted by Gasteiger charge is 2.37. The van der Waals surface area contributed by atoms with Crippen molar-refractivity contribution in [1.29, 1.82) is 0 Å². The fourth-order valence-electron chi connectivity index (χ4n) is 0.987. The van der Waals surface area contributed by atoms with Gasteiger partial charge in [0, 0.05) is 7.11 Å². The van der Waals surface area contributed by atoms with E-state index in [2.05, 4.69) is 4.74 Å². The second-order valence-electron chi connectivity index (χ2n) is 2.49. The number of aliphatic hydroxyl groups excluding tert-OH is 3. The Hall–Kier alpha value is -0.200. The molecule has 5 heteroatoms. The molecular weight excluding hydrogens is 152 g/mol. The monoisotopic (exact) mass is 164 g/mol. The van der Waals surface area contributed by atoms with Crippen LogP contribution in [-0.4, -0.2) is 53.6 Å². The minimum absolute atomic E-state index is 0.0171. The highest BCUT2D eigenvalue weighted by Crippen LogP contribution is 2.15. The van der Waals surface area contributed by atoms with Crippen LogP contribution in [0.2, 0.25) is 0 Å². The molecule has 0 amide bonds. The van der Waals surface area contributed by atoms with E-state index in [9.17, 15) is 0 Å². The van der Waals surface area contributed by atoms with E-state index in [4.69, 9.17) is 20.1 Å². The first kappa shape index (κ1) is 8.89. The van der Waals surface area contributed by atoms with Crippen LogP contribution in [0.5, 0.6) is 0 Å². The molecule has 0 aromatic carbocycles. The van der Waals surface area contributed by atoms with E-state index >= 15 is 0 Å². The summed E-state index contributed by atoms with van der Waals surface area (Å²) >= 11 is 0. The smallest absolute Gasteiger partial charge is 0.185 e. The largest absolute Gasteiger partial charge is 0.388 e. The van der Waals surface area contributed by atoms with Crippen LogP contribution in [0.4, 0.5) is 0 Å². The van der Waals surface area contributed by atoms with E-state index in [1.807, 2.05) is 0 Å². The Morgan fingerprint density at radius 3 is 2.45 bits per heavy atom. The van der Waals surface area contributed by atoms with Crippen LogP contribution < -0.4 is 0 Å². The number of hydrogen-bond acceptors (Lipinski definition) is 5. The van der Waals surface area contributed by atoms with Crippen LogP contribution in [0.1, 0.15) is 0 Å². The fourth-order valence-corrected chi connectivity index (χ4v) is 0.987. The molecule has 0 bridgehead atoms. The summed E-state index contributed by atoms with van der Waals surface area (Å²) in [5.41, 5.74) is 0. The predicted molar refractivity (Wildman–Crippen MR) is 34.8 cm³/mol. The molecule has 0 saturated carbocycles. The van der Waals surface area contributed by atoms with Gasteiger partial charge in [-0.2, -0.15) is 0 Å². The normalized spacial score (nSPS) is 45.8. The second kappa shape index (κ2) is 3.46. The van der Waals surface area contributed by atoms with Crippen LogP contribution in [0, 0.1) is 0 Å². The quantitative estimate of drug-likeness (QED) is 0.420. The molecule has 5 nitrogen and oxygen atoms in total. The maximum Gasteiger partial charge on any atom is 0.185 e. The van der Waals surface area contributed by atoms with E-state index in [0.29, 0.717) is 0 Å². The molecule has 0 radical (unpaired) electrons. The third-order valence-corrected chi connectivity index (χ3v) is 1.69. The number of ether oxygens (including phenoxy) is 2. The predicted octanol–water partition coefficient (Wildman–Crippen LogP) is -1.93. The van der Waals surface area contributed by atoms with Gasteiger partial charge in [-0.1, -0.05) is 0 Å². The van der Waals surface area contributed by atoms with Gasteiger partial charge in [-0.3, -0.25) is 0 Å². The van der Waals surface area contributed by atoms with Crippen molar-refractivity contribution >= 4 is 0 Å². The standard InChI is InChI=1S/C6H12O5/c1-10-6-5(9)4(8)3(7)2-11-6/h3-9H,2H2,1H3/t3-,4+,5-,6?/m0/s1. The van der Waals surface area contributed by atoms with Crippen molar-refractivity contribution in [3.8, 4) is 0 Å². The Morgan fingerprint density at radius 1 is 1.27 bits per heavy atom. The third-order valence-electron chi connectivity index (χ3n) is 1.69. The minimum atomic E-state index is -1.19. The summed E-state index contributed by atoms with van der Waals surface area (Å²) < 4.78 is 9.52. The van der Waals surface area contributed by atoms with Gasteiger partial charge in [-0.25, -0.2) is 0 Å². The number of hydrogen-bond donors (Lipinski definition) is 3. The second-order valence-corrected chi connectivity index (χ2v) is 2.49. The van der Waals surface area contributed by atoms with E-state index in [-0.39, 0.29) is 6.61 Å². The number of rotatable bonds is 1. The maximum absolute atomic E-state index is 9.15. The molecule has 1 unspecified atom stereocenters. The van der Waals surface area contributed by atoms with Gasteiger partial charge in [-0.15, -0.1) is 0 Å². The number of methoxy groups -OCH3 is 1. The first-order valence-corrected chi connectivity index (χ1v) is 3.35. The molecule has 0 spiro atoms. The summed E-state index contributed by atoms with van der Waals surface area (Å²) in [6.45, 7) is -0.0171. The summed E-state index contributed by atoms with van der Waals surface area (Å²) in [7, 11) is 1.36. The Kier molecular flexibility index (Phi) is 2.80. The lowest BCUT2D eigenvalue weighted by molar-refractivity contribution is -0.261. The van der Waals surface area contributed by atoms with Gasteiger partial charge in [0.2, 0.25) is 0 Å². The van der Waals surface area contributed by atoms with Crippen LogP contribution >= 0.6 is 0 Å². The minimum Gasteiger partial charge on any atom is -0.388 e. The zero-order chi connectivity index (χ0) is 8.43. The Labute approximate surface area is 64.2 Å². The van der Waals surface area contributed by atoms with Crippen molar-refractivity contribution in [3.63, 3.8) is 0 Å². The SMILES string of the molecule is COC1OC[C@H](O)[C@@H](O)[C@@H]1O. The van der Waals surface area contributed by atoms with E-state index in [0.717, 1.165) is 0 Å². The summed E-state index contributed by atoms with van der Waals surface area (Å²) in [6.07, 6.45) is -4.23. The average Bonchev–Trinajstić information content (AvgIpc) is 2.01. The molecule has 0 aromatic rings. The van der Waals surface area contributed by atoms with Crippen molar-refractivity contribution in [2.24, 2.45) is 0 Å². The lowest BCUT2D eigenvalue weighted by atomic mass is 10.1. The summed E-state index contributed by atoms with van der Waals surface area (Å²) in [5, 5.41) is 27.2. The highest BCUT2D eigenvalue weighted by atomic mass is 16.7.